The molecule has 1 aromatic heterocycles. The maximum Gasteiger partial charge on any atom is 0.105 e. The van der Waals surface area contributed by atoms with Crippen LogP contribution >= 0.6 is 15.9 Å². The van der Waals surface area contributed by atoms with Gasteiger partial charge >= 0.3 is 0 Å². The second kappa shape index (κ2) is 4.95. The van der Waals surface area contributed by atoms with Crippen molar-refractivity contribution in [2.45, 2.75) is 18.6 Å². The summed E-state index contributed by atoms with van der Waals surface area (Å²) in [6.07, 6.45) is 0.632. The number of hydrogen-bond acceptors (Lipinski definition) is 3. The number of aliphatic hydroxyl groups is 2. The highest BCUT2D eigenvalue weighted by Crippen LogP contribution is 2.22. The van der Waals surface area contributed by atoms with Gasteiger partial charge in [-0.2, -0.15) is 5.10 Å². The summed E-state index contributed by atoms with van der Waals surface area (Å²) >= 11 is 3.24. The molecule has 2 aromatic rings. The van der Waals surface area contributed by atoms with Crippen molar-refractivity contribution in [3.8, 4) is 0 Å². The molecule has 0 radical (unpaired) electrons. The van der Waals surface area contributed by atoms with Crippen LogP contribution < -0.4 is 0 Å². The van der Waals surface area contributed by atoms with Gasteiger partial charge in [-0.15, -0.1) is 0 Å². The minimum atomic E-state index is -0.856. The van der Waals surface area contributed by atoms with Crippen molar-refractivity contribution in [1.29, 1.82) is 0 Å². The molecular weight excluding hydrogens is 272 g/mol. The van der Waals surface area contributed by atoms with Crippen LogP contribution in [0.25, 0.3) is 10.9 Å². The first-order valence-corrected chi connectivity index (χ1v) is 6.19. The van der Waals surface area contributed by atoms with Crippen LogP contribution in [0.5, 0.6) is 0 Å². The van der Waals surface area contributed by atoms with Gasteiger partial charge in [-0.3, -0.25) is 5.10 Å². The molecule has 0 bridgehead atoms. The summed E-state index contributed by atoms with van der Waals surface area (Å²) < 4.78 is 0. The Kier molecular flexibility index (Phi) is 3.58. The zero-order chi connectivity index (χ0) is 11.5. The minimum absolute atomic E-state index is 0.516. The van der Waals surface area contributed by atoms with Crippen LogP contribution in [0, 0.1) is 0 Å². The monoisotopic (exact) mass is 284 g/mol. The fourth-order valence-electron chi connectivity index (χ4n) is 1.63. The second-order valence-electron chi connectivity index (χ2n) is 3.71. The van der Waals surface area contributed by atoms with Crippen molar-refractivity contribution in [2.24, 2.45) is 0 Å². The lowest BCUT2D eigenvalue weighted by atomic mass is 10.0. The van der Waals surface area contributed by atoms with Crippen molar-refractivity contribution in [3.05, 3.63) is 30.0 Å². The van der Waals surface area contributed by atoms with Gasteiger partial charge in [-0.25, -0.2) is 0 Å². The predicted molar refractivity (Wildman–Crippen MR) is 65.5 cm³/mol. The number of aromatic nitrogens is 2. The van der Waals surface area contributed by atoms with E-state index in [0.717, 1.165) is 10.9 Å². The number of H-pyrrole nitrogens is 1. The second-order valence-corrected chi connectivity index (χ2v) is 4.50. The number of hydrogen-bond donors (Lipinski definition) is 3. The molecule has 0 saturated heterocycles. The number of rotatable bonds is 4. The first kappa shape index (κ1) is 11.6. The van der Waals surface area contributed by atoms with Crippen molar-refractivity contribution < 1.29 is 10.2 Å². The molecule has 5 heteroatoms. The van der Waals surface area contributed by atoms with E-state index in [4.69, 9.17) is 0 Å². The zero-order valence-electron chi connectivity index (χ0n) is 8.60. The van der Waals surface area contributed by atoms with Crippen LogP contribution in [0.15, 0.2) is 24.4 Å². The highest BCUT2D eigenvalue weighted by atomic mass is 79.9. The fraction of sp³-hybridized carbons (Fsp3) is 0.364. The van der Waals surface area contributed by atoms with Gasteiger partial charge in [0.2, 0.25) is 0 Å². The summed E-state index contributed by atoms with van der Waals surface area (Å²) in [5.74, 6) is 0. The predicted octanol–water partition coefficient (Wildman–Crippen LogP) is 1.74. The van der Waals surface area contributed by atoms with E-state index in [1.165, 1.54) is 0 Å². The van der Waals surface area contributed by atoms with Gasteiger partial charge < -0.3 is 10.2 Å². The van der Waals surface area contributed by atoms with Crippen LogP contribution in [-0.2, 0) is 0 Å². The Morgan fingerprint density at radius 3 is 2.94 bits per heavy atom. The number of benzene rings is 1. The van der Waals surface area contributed by atoms with Gasteiger partial charge in [0.1, 0.15) is 6.10 Å². The third kappa shape index (κ3) is 2.26. The van der Waals surface area contributed by atoms with Crippen molar-refractivity contribution >= 4 is 26.8 Å². The van der Waals surface area contributed by atoms with E-state index in [2.05, 4.69) is 26.1 Å². The van der Waals surface area contributed by atoms with E-state index in [9.17, 15) is 10.2 Å². The Labute approximate surface area is 101 Å². The van der Waals surface area contributed by atoms with E-state index in [1.807, 2.05) is 12.1 Å². The topological polar surface area (TPSA) is 69.1 Å². The molecule has 1 aromatic carbocycles. The van der Waals surface area contributed by atoms with Crippen molar-refractivity contribution in [2.75, 3.05) is 5.33 Å². The molecule has 16 heavy (non-hydrogen) atoms. The average Bonchev–Trinajstić information content (AvgIpc) is 2.75. The lowest BCUT2D eigenvalue weighted by Crippen LogP contribution is -2.18. The number of nitrogens with one attached hydrogen (secondary N) is 1. The summed E-state index contributed by atoms with van der Waals surface area (Å²) in [5, 5.41) is 28.0. The van der Waals surface area contributed by atoms with Gasteiger partial charge in [-0.05, 0) is 18.1 Å². The van der Waals surface area contributed by atoms with E-state index in [0.29, 0.717) is 17.3 Å². The molecule has 0 spiro atoms. The number of alkyl halides is 1. The molecule has 86 valence electrons. The van der Waals surface area contributed by atoms with Crippen LogP contribution in [0.4, 0.5) is 0 Å². The van der Waals surface area contributed by atoms with Crippen LogP contribution in [0.2, 0.25) is 0 Å². The molecule has 3 N–H and O–H groups in total. The summed E-state index contributed by atoms with van der Waals surface area (Å²) in [7, 11) is 0. The van der Waals surface area contributed by atoms with E-state index in [1.54, 1.807) is 12.3 Å². The molecule has 0 amide bonds. The number of nitrogens with zero attached hydrogens (tertiary/aromatic N) is 1. The largest absolute Gasteiger partial charge is 0.390 e. The smallest absolute Gasteiger partial charge is 0.105 e. The molecule has 0 fully saturated rings. The normalized spacial score (nSPS) is 15.2. The van der Waals surface area contributed by atoms with Gasteiger partial charge in [0.25, 0.3) is 0 Å². The molecule has 2 atom stereocenters. The molecule has 2 unspecified atom stereocenters. The lowest BCUT2D eigenvalue weighted by molar-refractivity contribution is 0.0174. The standard InChI is InChI=1S/C11H13BrN2O2/c12-4-3-10(15)11(16)7-1-2-8-6-13-14-9(8)5-7/h1-2,5-6,10-11,15-16H,3-4H2,(H,13,14). The van der Waals surface area contributed by atoms with Gasteiger partial charge in [0, 0.05) is 10.7 Å². The van der Waals surface area contributed by atoms with Crippen molar-refractivity contribution in [3.63, 3.8) is 0 Å². The molecule has 2 rings (SSSR count). The maximum absolute atomic E-state index is 9.91. The Morgan fingerprint density at radius 1 is 1.38 bits per heavy atom. The highest BCUT2D eigenvalue weighted by Gasteiger charge is 2.17. The van der Waals surface area contributed by atoms with Gasteiger partial charge in [-0.1, -0.05) is 28.1 Å². The summed E-state index contributed by atoms with van der Waals surface area (Å²) in [4.78, 5) is 0. The van der Waals surface area contributed by atoms with E-state index in [-0.39, 0.29) is 0 Å². The van der Waals surface area contributed by atoms with Gasteiger partial charge in [0.05, 0.1) is 17.8 Å². The Hall–Kier alpha value is -0.910. The first-order chi connectivity index (χ1) is 7.72. The first-order valence-electron chi connectivity index (χ1n) is 5.07. The molecule has 0 saturated carbocycles. The van der Waals surface area contributed by atoms with E-state index >= 15 is 0 Å². The average molecular weight is 285 g/mol. The molecular formula is C11H13BrN2O2. The Balaban J connectivity index is 2.24. The SMILES string of the molecule is OC(CCBr)C(O)c1ccc2cn[nH]c2c1. The Morgan fingerprint density at radius 2 is 2.19 bits per heavy atom. The number of fused-ring (bicyclic) bond motifs is 1. The quantitative estimate of drug-likeness (QED) is 0.749. The third-order valence-electron chi connectivity index (χ3n) is 2.58. The zero-order valence-corrected chi connectivity index (χ0v) is 10.2. The maximum atomic E-state index is 9.91. The third-order valence-corrected chi connectivity index (χ3v) is 3.03. The number of aromatic amines is 1. The molecule has 0 aliphatic carbocycles. The minimum Gasteiger partial charge on any atom is -0.390 e. The molecule has 0 aliphatic rings. The summed E-state index contributed by atoms with van der Waals surface area (Å²) in [6, 6.07) is 5.49. The summed E-state index contributed by atoms with van der Waals surface area (Å²) in [5.41, 5.74) is 1.56. The van der Waals surface area contributed by atoms with Crippen molar-refractivity contribution in [1.82, 2.24) is 10.2 Å². The molecule has 0 aliphatic heterocycles. The lowest BCUT2D eigenvalue weighted by Gasteiger charge is -2.17. The van der Waals surface area contributed by atoms with Gasteiger partial charge in [0.15, 0.2) is 0 Å². The Bertz CT molecular complexity index is 472. The van der Waals surface area contributed by atoms with Crippen LogP contribution in [0.1, 0.15) is 18.1 Å². The highest BCUT2D eigenvalue weighted by molar-refractivity contribution is 9.09. The van der Waals surface area contributed by atoms with Crippen LogP contribution in [-0.4, -0.2) is 31.8 Å². The molecule has 4 nitrogen and oxygen atoms in total. The van der Waals surface area contributed by atoms with E-state index < -0.39 is 12.2 Å². The fourth-order valence-corrected chi connectivity index (χ4v) is 2.10. The summed E-state index contributed by atoms with van der Waals surface area (Å²) in [6.45, 7) is 0. The molecule has 1 heterocycles. The number of aliphatic hydroxyl groups excluding tert-OH is 2. The van der Waals surface area contributed by atoms with Crippen LogP contribution in [0.3, 0.4) is 0 Å². The number of halogens is 1.